The standard InChI is InChI=1S/C16H23N7O3/c1-9-13(20-8-26-9)7-19-16-21-12(14(23(24)25)15(18)22-16)6-10-2-4-11(17)5-3-10/h8,10-11H,2-7,17H2,1H3,(H3,18,19,21,22). The third kappa shape index (κ3) is 4.07. The monoisotopic (exact) mass is 361 g/mol. The van der Waals surface area contributed by atoms with Crippen molar-refractivity contribution in [2.75, 3.05) is 11.1 Å². The minimum atomic E-state index is -0.509. The first-order valence-electron chi connectivity index (χ1n) is 8.63. The molecule has 3 rings (SSSR count). The van der Waals surface area contributed by atoms with E-state index in [0.717, 1.165) is 25.7 Å². The number of anilines is 2. The highest BCUT2D eigenvalue weighted by atomic mass is 16.6. The summed E-state index contributed by atoms with van der Waals surface area (Å²) in [6, 6.07) is 0.222. The molecule has 1 fully saturated rings. The lowest BCUT2D eigenvalue weighted by Crippen LogP contribution is -2.27. The summed E-state index contributed by atoms with van der Waals surface area (Å²) in [4.78, 5) is 23.4. The highest BCUT2D eigenvalue weighted by Crippen LogP contribution is 2.31. The second-order valence-corrected chi connectivity index (χ2v) is 6.68. The Morgan fingerprint density at radius 1 is 1.31 bits per heavy atom. The second kappa shape index (κ2) is 7.65. The summed E-state index contributed by atoms with van der Waals surface area (Å²) in [5, 5.41) is 14.4. The number of hydrogen-bond acceptors (Lipinski definition) is 9. The molecule has 0 unspecified atom stereocenters. The highest BCUT2D eigenvalue weighted by molar-refractivity contribution is 5.58. The van der Waals surface area contributed by atoms with Gasteiger partial charge in [0.1, 0.15) is 17.1 Å². The van der Waals surface area contributed by atoms with Gasteiger partial charge in [-0.1, -0.05) is 0 Å². The Labute approximate surface area is 150 Å². The summed E-state index contributed by atoms with van der Waals surface area (Å²) in [5.41, 5.74) is 12.7. The van der Waals surface area contributed by atoms with Crippen LogP contribution in [0, 0.1) is 23.0 Å². The number of nitrogen functional groups attached to an aromatic ring is 1. The Balaban J connectivity index is 1.79. The first kappa shape index (κ1) is 18.1. The van der Waals surface area contributed by atoms with Gasteiger partial charge >= 0.3 is 5.69 Å². The molecule has 10 heteroatoms. The molecule has 0 amide bonds. The van der Waals surface area contributed by atoms with Gasteiger partial charge in [-0.25, -0.2) is 9.97 Å². The molecule has 1 aliphatic rings. The first-order valence-corrected chi connectivity index (χ1v) is 8.63. The van der Waals surface area contributed by atoms with Crippen LogP contribution in [0.15, 0.2) is 10.8 Å². The molecule has 2 aromatic rings. The summed E-state index contributed by atoms with van der Waals surface area (Å²) >= 11 is 0. The average Bonchev–Trinajstić information content (AvgIpc) is 2.99. The molecular formula is C16H23N7O3. The first-order chi connectivity index (χ1) is 12.4. The number of hydrogen-bond donors (Lipinski definition) is 3. The van der Waals surface area contributed by atoms with E-state index in [0.29, 0.717) is 36.0 Å². The Bertz CT molecular complexity index is 784. The van der Waals surface area contributed by atoms with Gasteiger partial charge in [0.2, 0.25) is 11.8 Å². The number of aromatic nitrogens is 3. The van der Waals surface area contributed by atoms with Crippen LogP contribution in [-0.4, -0.2) is 25.9 Å². The predicted molar refractivity (Wildman–Crippen MR) is 95.3 cm³/mol. The zero-order chi connectivity index (χ0) is 18.7. The summed E-state index contributed by atoms with van der Waals surface area (Å²) < 4.78 is 5.14. The molecule has 0 spiro atoms. The van der Waals surface area contributed by atoms with Gasteiger partial charge in [-0.05, 0) is 44.9 Å². The molecule has 2 heterocycles. The van der Waals surface area contributed by atoms with Gasteiger partial charge in [-0.2, -0.15) is 4.98 Å². The highest BCUT2D eigenvalue weighted by Gasteiger charge is 2.27. The van der Waals surface area contributed by atoms with Crippen molar-refractivity contribution in [2.45, 2.75) is 51.6 Å². The molecule has 0 aromatic carbocycles. The van der Waals surface area contributed by atoms with E-state index in [9.17, 15) is 10.1 Å². The van der Waals surface area contributed by atoms with E-state index in [-0.39, 0.29) is 23.5 Å². The SMILES string of the molecule is Cc1ocnc1CNc1nc(N)c([N+](=O)[O-])c(CC2CCC(N)CC2)n1. The van der Waals surface area contributed by atoms with E-state index in [1.165, 1.54) is 6.39 Å². The molecule has 0 atom stereocenters. The lowest BCUT2D eigenvalue weighted by atomic mass is 9.83. The third-order valence-corrected chi connectivity index (χ3v) is 4.80. The minimum Gasteiger partial charge on any atom is -0.448 e. The summed E-state index contributed by atoms with van der Waals surface area (Å²) in [6.45, 7) is 2.14. The van der Waals surface area contributed by atoms with E-state index in [1.807, 2.05) is 0 Å². The van der Waals surface area contributed by atoms with Gasteiger partial charge in [0.15, 0.2) is 6.39 Å². The minimum absolute atomic E-state index is 0.133. The molecule has 0 aliphatic heterocycles. The molecule has 26 heavy (non-hydrogen) atoms. The molecule has 1 aliphatic carbocycles. The normalized spacial score (nSPS) is 20.1. The Morgan fingerprint density at radius 2 is 2.04 bits per heavy atom. The van der Waals surface area contributed by atoms with Gasteiger partial charge in [-0.15, -0.1) is 0 Å². The van der Waals surface area contributed by atoms with E-state index in [4.69, 9.17) is 15.9 Å². The van der Waals surface area contributed by atoms with Crippen LogP contribution in [0.1, 0.15) is 42.8 Å². The van der Waals surface area contributed by atoms with Crippen molar-refractivity contribution in [3.63, 3.8) is 0 Å². The van der Waals surface area contributed by atoms with Gasteiger partial charge in [-0.3, -0.25) is 10.1 Å². The number of nitrogens with one attached hydrogen (secondary N) is 1. The van der Waals surface area contributed by atoms with E-state index >= 15 is 0 Å². The molecule has 0 bridgehead atoms. The number of nitrogens with zero attached hydrogens (tertiary/aromatic N) is 4. The summed E-state index contributed by atoms with van der Waals surface area (Å²) in [5.74, 6) is 1.12. The fourth-order valence-corrected chi connectivity index (χ4v) is 3.27. The maximum Gasteiger partial charge on any atom is 0.332 e. The van der Waals surface area contributed by atoms with Crippen LogP contribution in [-0.2, 0) is 13.0 Å². The van der Waals surface area contributed by atoms with Crippen LogP contribution in [0.5, 0.6) is 0 Å². The molecular weight excluding hydrogens is 338 g/mol. The Hall–Kier alpha value is -2.75. The van der Waals surface area contributed by atoms with Crippen molar-refractivity contribution in [3.8, 4) is 0 Å². The maximum atomic E-state index is 11.4. The number of nitrogens with two attached hydrogens (primary N) is 2. The number of nitro groups is 1. The van der Waals surface area contributed by atoms with Crippen molar-refractivity contribution in [3.05, 3.63) is 33.7 Å². The van der Waals surface area contributed by atoms with Gasteiger partial charge in [0.05, 0.1) is 11.5 Å². The molecule has 5 N–H and O–H groups in total. The fourth-order valence-electron chi connectivity index (χ4n) is 3.27. The largest absolute Gasteiger partial charge is 0.448 e. The van der Waals surface area contributed by atoms with Crippen LogP contribution in [0.3, 0.4) is 0 Å². The van der Waals surface area contributed by atoms with Gasteiger partial charge in [0, 0.05) is 6.04 Å². The van der Waals surface area contributed by atoms with E-state index < -0.39 is 4.92 Å². The van der Waals surface area contributed by atoms with Crippen molar-refractivity contribution in [2.24, 2.45) is 11.7 Å². The molecule has 1 saturated carbocycles. The average molecular weight is 361 g/mol. The van der Waals surface area contributed by atoms with Crippen LogP contribution < -0.4 is 16.8 Å². The second-order valence-electron chi connectivity index (χ2n) is 6.68. The lowest BCUT2D eigenvalue weighted by molar-refractivity contribution is -0.385. The number of oxazole rings is 1. The van der Waals surface area contributed by atoms with Crippen LogP contribution in [0.25, 0.3) is 0 Å². The molecule has 2 aromatic heterocycles. The van der Waals surface area contributed by atoms with E-state index in [2.05, 4.69) is 20.3 Å². The summed E-state index contributed by atoms with van der Waals surface area (Å²) in [6.07, 6.45) is 5.57. The number of rotatable bonds is 6. The van der Waals surface area contributed by atoms with Crippen LogP contribution in [0.2, 0.25) is 0 Å². The fraction of sp³-hybridized carbons (Fsp3) is 0.562. The van der Waals surface area contributed by atoms with Crippen LogP contribution >= 0.6 is 0 Å². The molecule has 140 valence electrons. The van der Waals surface area contributed by atoms with Gasteiger partial charge < -0.3 is 21.2 Å². The predicted octanol–water partition coefficient (Wildman–Crippen LogP) is 1.94. The van der Waals surface area contributed by atoms with E-state index in [1.54, 1.807) is 6.92 Å². The zero-order valence-corrected chi connectivity index (χ0v) is 14.6. The zero-order valence-electron chi connectivity index (χ0n) is 14.6. The smallest absolute Gasteiger partial charge is 0.332 e. The lowest BCUT2D eigenvalue weighted by Gasteiger charge is -2.25. The maximum absolute atomic E-state index is 11.4. The topological polar surface area (TPSA) is 159 Å². The van der Waals surface area contributed by atoms with Crippen LogP contribution in [0.4, 0.5) is 17.5 Å². The third-order valence-electron chi connectivity index (χ3n) is 4.80. The van der Waals surface area contributed by atoms with Crippen molar-refractivity contribution in [1.82, 2.24) is 15.0 Å². The molecule has 10 nitrogen and oxygen atoms in total. The van der Waals surface area contributed by atoms with Gasteiger partial charge in [0.25, 0.3) is 0 Å². The van der Waals surface area contributed by atoms with Crippen molar-refractivity contribution < 1.29 is 9.34 Å². The number of aryl methyl sites for hydroxylation is 1. The molecule has 0 saturated heterocycles. The quantitative estimate of drug-likeness (QED) is 0.516. The molecule has 0 radical (unpaired) electrons. The van der Waals surface area contributed by atoms with Crippen molar-refractivity contribution >= 4 is 17.5 Å². The van der Waals surface area contributed by atoms with Crippen molar-refractivity contribution in [1.29, 1.82) is 0 Å². The Kier molecular flexibility index (Phi) is 5.31. The summed E-state index contributed by atoms with van der Waals surface area (Å²) in [7, 11) is 0. The Morgan fingerprint density at radius 3 is 2.65 bits per heavy atom.